The molecule has 0 aromatic rings. The van der Waals surface area contributed by atoms with Gasteiger partial charge in [-0.05, 0) is 57.8 Å². The third-order valence-corrected chi connectivity index (χ3v) is 10.7. The lowest BCUT2D eigenvalue weighted by atomic mass is 10.0. The van der Waals surface area contributed by atoms with Crippen LogP contribution in [0.1, 0.15) is 181 Å². The molecule has 0 aliphatic heterocycles. The van der Waals surface area contributed by atoms with Gasteiger partial charge in [-0.3, -0.25) is 9.36 Å². The molecule has 3 unspecified atom stereocenters. The normalized spacial score (nSPS) is 14.9. The van der Waals surface area contributed by atoms with Crippen molar-refractivity contribution in [1.82, 2.24) is 5.32 Å². The Bertz CT molecular complexity index is 1100. The number of aliphatic hydroxyl groups excluding tert-OH is 1. The topological polar surface area (TPSA) is 108 Å². The Morgan fingerprint density at radius 2 is 1.09 bits per heavy atom. The second-order valence-corrected chi connectivity index (χ2v) is 17.8. The van der Waals surface area contributed by atoms with Gasteiger partial charge in [0.05, 0.1) is 39.9 Å². The monoisotopic (exact) mass is 807 g/mol. The Balaban J connectivity index is 4.08. The van der Waals surface area contributed by atoms with E-state index in [0.717, 1.165) is 70.6 Å². The third kappa shape index (κ3) is 40.4. The van der Waals surface area contributed by atoms with Crippen molar-refractivity contribution >= 4 is 13.7 Å². The molecular weight excluding hydrogens is 719 g/mol. The van der Waals surface area contributed by atoms with Crippen LogP contribution in [-0.2, 0) is 18.4 Å². The highest BCUT2D eigenvalue weighted by Crippen LogP contribution is 2.38. The van der Waals surface area contributed by atoms with Crippen molar-refractivity contribution in [3.05, 3.63) is 60.8 Å². The van der Waals surface area contributed by atoms with Crippen molar-refractivity contribution in [3.63, 3.8) is 0 Å². The first-order valence-corrected chi connectivity index (χ1v) is 24.1. The predicted molar refractivity (Wildman–Crippen MR) is 237 cm³/mol. The van der Waals surface area contributed by atoms with Crippen molar-refractivity contribution in [2.45, 2.75) is 193 Å². The zero-order valence-electron chi connectivity index (χ0n) is 36.8. The summed E-state index contributed by atoms with van der Waals surface area (Å²) in [5, 5.41) is 13.8. The maximum atomic E-state index is 12.8. The first-order chi connectivity index (χ1) is 27.0. The zero-order chi connectivity index (χ0) is 41.4. The van der Waals surface area contributed by atoms with E-state index in [1.54, 1.807) is 0 Å². The molecule has 0 aromatic carbocycles. The maximum Gasteiger partial charge on any atom is 0.268 e. The fourth-order valence-corrected chi connectivity index (χ4v) is 6.91. The quantitative estimate of drug-likeness (QED) is 0.0276. The number of amides is 1. The maximum absolute atomic E-state index is 12.8. The van der Waals surface area contributed by atoms with Crippen LogP contribution in [0, 0.1) is 0 Å². The third-order valence-electron chi connectivity index (χ3n) is 9.77. The molecule has 9 heteroatoms. The first kappa shape index (κ1) is 54.2. The Hall–Kier alpha value is -1.80. The minimum atomic E-state index is -4.56. The van der Waals surface area contributed by atoms with Gasteiger partial charge in [-0.15, -0.1) is 0 Å². The van der Waals surface area contributed by atoms with E-state index in [1.165, 1.54) is 83.5 Å². The fraction of sp³-hybridized carbons (Fsp3) is 0.766. The summed E-state index contributed by atoms with van der Waals surface area (Å²) in [7, 11) is 1.29. The molecule has 0 aliphatic carbocycles. The number of aliphatic hydroxyl groups is 1. The summed E-state index contributed by atoms with van der Waals surface area (Å²) in [4.78, 5) is 25.2. The molecular formula is C47H87N2O6P. The minimum absolute atomic E-state index is 0.00880. The average Bonchev–Trinajstić information content (AvgIpc) is 3.15. The van der Waals surface area contributed by atoms with Gasteiger partial charge in [-0.2, -0.15) is 0 Å². The number of hydrogen-bond acceptors (Lipinski definition) is 6. The van der Waals surface area contributed by atoms with Crippen molar-refractivity contribution < 1.29 is 32.9 Å². The molecule has 8 nitrogen and oxygen atoms in total. The average molecular weight is 807 g/mol. The highest BCUT2D eigenvalue weighted by Gasteiger charge is 2.24. The molecule has 326 valence electrons. The molecule has 0 saturated heterocycles. The Morgan fingerprint density at radius 3 is 1.59 bits per heavy atom. The second kappa shape index (κ2) is 38.7. The molecule has 0 saturated carbocycles. The number of phosphoric acid groups is 1. The molecule has 0 aromatic heterocycles. The number of nitrogens with one attached hydrogen (secondary N) is 1. The van der Waals surface area contributed by atoms with Crippen LogP contribution in [-0.4, -0.2) is 68.5 Å². The number of allylic oxidation sites excluding steroid dienone is 10. The molecule has 0 spiro atoms. The van der Waals surface area contributed by atoms with Gasteiger partial charge in [-0.1, -0.05) is 177 Å². The standard InChI is InChI=1S/C47H87N2O6P/c1-6-8-10-12-14-15-16-17-18-19-20-21-22-23-24-25-26-27-28-29-30-31-32-33-35-37-39-41-47(51)48-45(46(50)40-38-36-34-13-11-9-7-2)44-55-56(52,53)54-43-42-49(3,4)5/h8,10,14-15,17-18,20-21,23-24,45-46,50H,6-7,9,11-13,16,19,22,25-44H2,1-5H3,(H-,48,51,52,53)/b10-8-,15-14-,18-17-,21-20-,24-23-. The van der Waals surface area contributed by atoms with E-state index in [1.807, 2.05) is 21.1 Å². The zero-order valence-corrected chi connectivity index (χ0v) is 37.7. The lowest BCUT2D eigenvalue weighted by Gasteiger charge is -2.30. The Kier molecular flexibility index (Phi) is 37.5. The highest BCUT2D eigenvalue weighted by molar-refractivity contribution is 7.45. The van der Waals surface area contributed by atoms with Gasteiger partial charge in [0.25, 0.3) is 7.82 Å². The van der Waals surface area contributed by atoms with Crippen molar-refractivity contribution in [2.24, 2.45) is 0 Å². The van der Waals surface area contributed by atoms with Crippen LogP contribution in [0.15, 0.2) is 60.8 Å². The number of carbonyl (C=O) groups is 1. The van der Waals surface area contributed by atoms with Crippen molar-refractivity contribution in [1.29, 1.82) is 0 Å². The van der Waals surface area contributed by atoms with Crippen LogP contribution < -0.4 is 10.2 Å². The SMILES string of the molecule is CC/C=C\C/C=C\C/C=C\C/C=C\C/C=C\CCCCCCCCCCCCCC(=O)NC(COP(=O)([O-])OCC[N+](C)(C)C)C(O)CCCCCCCCC. The molecule has 0 radical (unpaired) electrons. The second-order valence-electron chi connectivity index (χ2n) is 16.4. The molecule has 0 fully saturated rings. The van der Waals surface area contributed by atoms with Gasteiger partial charge < -0.3 is 28.8 Å². The van der Waals surface area contributed by atoms with Gasteiger partial charge in [-0.25, -0.2) is 0 Å². The molecule has 0 heterocycles. The number of quaternary nitrogens is 1. The largest absolute Gasteiger partial charge is 0.756 e. The van der Waals surface area contributed by atoms with Crippen molar-refractivity contribution in [3.8, 4) is 0 Å². The number of rotatable bonds is 40. The summed E-state index contributed by atoms with van der Waals surface area (Å²) in [6.45, 7) is 4.54. The first-order valence-electron chi connectivity index (χ1n) is 22.6. The number of unbranched alkanes of at least 4 members (excludes halogenated alkanes) is 17. The van der Waals surface area contributed by atoms with Gasteiger partial charge in [0, 0.05) is 6.42 Å². The van der Waals surface area contributed by atoms with Gasteiger partial charge in [0.15, 0.2) is 0 Å². The van der Waals surface area contributed by atoms with E-state index >= 15 is 0 Å². The van der Waals surface area contributed by atoms with E-state index in [-0.39, 0.29) is 19.1 Å². The predicted octanol–water partition coefficient (Wildman–Crippen LogP) is 12.0. The summed E-state index contributed by atoms with van der Waals surface area (Å²) in [5.41, 5.74) is 0. The van der Waals surface area contributed by atoms with E-state index in [2.05, 4.69) is 79.9 Å². The van der Waals surface area contributed by atoms with Crippen LogP contribution >= 0.6 is 7.82 Å². The van der Waals surface area contributed by atoms with Crippen molar-refractivity contribution in [2.75, 3.05) is 40.9 Å². The molecule has 1 amide bonds. The Morgan fingerprint density at radius 1 is 0.643 bits per heavy atom. The van der Waals surface area contributed by atoms with E-state index < -0.39 is 20.0 Å². The minimum Gasteiger partial charge on any atom is -0.756 e. The van der Waals surface area contributed by atoms with Crippen LogP contribution in [0.2, 0.25) is 0 Å². The number of carbonyl (C=O) groups excluding carboxylic acids is 1. The number of hydrogen-bond donors (Lipinski definition) is 2. The summed E-state index contributed by atoms with van der Waals surface area (Å²) >= 11 is 0. The number of phosphoric ester groups is 1. The molecule has 0 aliphatic rings. The summed E-state index contributed by atoms with van der Waals surface area (Å²) in [6, 6.07) is -0.801. The molecule has 3 atom stereocenters. The lowest BCUT2D eigenvalue weighted by Crippen LogP contribution is -2.46. The summed E-state index contributed by atoms with van der Waals surface area (Å²) in [5.74, 6) is -0.176. The van der Waals surface area contributed by atoms with Crippen LogP contribution in [0.4, 0.5) is 0 Å². The molecule has 2 N–H and O–H groups in total. The van der Waals surface area contributed by atoms with Gasteiger partial charge in [0.2, 0.25) is 5.91 Å². The number of likely N-dealkylation sites (N-methyl/N-ethyl adjacent to an activating group) is 1. The van der Waals surface area contributed by atoms with Crippen LogP contribution in [0.5, 0.6) is 0 Å². The Labute approximate surface area is 345 Å². The number of nitrogens with zero attached hydrogens (tertiary/aromatic N) is 1. The van der Waals surface area contributed by atoms with E-state index in [0.29, 0.717) is 23.9 Å². The molecule has 0 bridgehead atoms. The molecule has 56 heavy (non-hydrogen) atoms. The van der Waals surface area contributed by atoms with Crippen LogP contribution in [0.3, 0.4) is 0 Å². The smallest absolute Gasteiger partial charge is 0.268 e. The highest BCUT2D eigenvalue weighted by atomic mass is 31.2. The van der Waals surface area contributed by atoms with Crippen LogP contribution in [0.25, 0.3) is 0 Å². The van der Waals surface area contributed by atoms with E-state index in [4.69, 9.17) is 9.05 Å². The summed E-state index contributed by atoms with van der Waals surface area (Å²) < 4.78 is 23.1. The lowest BCUT2D eigenvalue weighted by molar-refractivity contribution is -0.870. The van der Waals surface area contributed by atoms with Gasteiger partial charge >= 0.3 is 0 Å². The van der Waals surface area contributed by atoms with E-state index in [9.17, 15) is 19.4 Å². The van der Waals surface area contributed by atoms with Gasteiger partial charge in [0.1, 0.15) is 13.2 Å². The molecule has 0 rings (SSSR count). The summed E-state index contributed by atoms with van der Waals surface area (Å²) in [6.07, 6.45) is 49.7. The fourth-order valence-electron chi connectivity index (χ4n) is 6.18.